The zero-order valence-electron chi connectivity index (χ0n) is 13.7. The van der Waals surface area contributed by atoms with Gasteiger partial charge in [-0.15, -0.1) is 0 Å². The number of carboxylic acids is 1. The van der Waals surface area contributed by atoms with E-state index in [0.29, 0.717) is 12.8 Å². The van der Waals surface area contributed by atoms with Crippen molar-refractivity contribution in [2.45, 2.75) is 60.3 Å². The molecule has 0 radical (unpaired) electrons. The molecular formula is C18H26O3. The van der Waals surface area contributed by atoms with E-state index in [1.807, 2.05) is 32.9 Å². The molecule has 0 aliphatic heterocycles. The first-order valence-electron chi connectivity index (χ1n) is 7.49. The number of Topliss-reactive ketones (excluding diaryl/α,β-unsaturated/α-hetero) is 1. The molecular weight excluding hydrogens is 264 g/mol. The van der Waals surface area contributed by atoms with Crippen LogP contribution in [0, 0.1) is 26.2 Å². The molecule has 1 aromatic carbocycles. The zero-order chi connectivity index (χ0) is 16.2. The Bertz CT molecular complexity index is 518. The topological polar surface area (TPSA) is 54.4 Å². The fourth-order valence-electron chi connectivity index (χ4n) is 2.70. The lowest BCUT2D eigenvalue weighted by molar-refractivity contribution is -0.147. The lowest BCUT2D eigenvalue weighted by Crippen LogP contribution is -2.23. The maximum absolute atomic E-state index is 12.3. The first-order valence-corrected chi connectivity index (χ1v) is 7.49. The van der Waals surface area contributed by atoms with Crippen LogP contribution in [0.5, 0.6) is 0 Å². The summed E-state index contributed by atoms with van der Waals surface area (Å²) < 4.78 is 0. The number of rotatable bonds is 7. The van der Waals surface area contributed by atoms with Crippen molar-refractivity contribution in [3.63, 3.8) is 0 Å². The van der Waals surface area contributed by atoms with E-state index >= 15 is 0 Å². The van der Waals surface area contributed by atoms with E-state index < -0.39 is 11.4 Å². The number of benzene rings is 1. The third kappa shape index (κ3) is 4.69. The number of carbonyl (C=O) groups is 2. The van der Waals surface area contributed by atoms with Gasteiger partial charge < -0.3 is 5.11 Å². The summed E-state index contributed by atoms with van der Waals surface area (Å²) in [7, 11) is 0. The first kappa shape index (κ1) is 17.4. The fraction of sp³-hybridized carbons (Fsp3) is 0.556. The predicted molar refractivity (Wildman–Crippen MR) is 84.9 cm³/mol. The van der Waals surface area contributed by atoms with E-state index in [-0.39, 0.29) is 5.78 Å². The van der Waals surface area contributed by atoms with Gasteiger partial charge in [-0.25, -0.2) is 0 Å². The van der Waals surface area contributed by atoms with Crippen molar-refractivity contribution in [1.82, 2.24) is 0 Å². The molecule has 0 saturated heterocycles. The number of carboxylic acid groups (broad SMARTS) is 1. The zero-order valence-corrected chi connectivity index (χ0v) is 13.7. The van der Waals surface area contributed by atoms with Crippen LogP contribution in [-0.2, 0) is 4.79 Å². The van der Waals surface area contributed by atoms with Crippen LogP contribution in [0.25, 0.3) is 0 Å². The van der Waals surface area contributed by atoms with Crippen molar-refractivity contribution in [2.75, 3.05) is 0 Å². The van der Waals surface area contributed by atoms with Gasteiger partial charge in [-0.3, -0.25) is 9.59 Å². The second kappa shape index (κ2) is 6.88. The first-order chi connectivity index (χ1) is 9.65. The van der Waals surface area contributed by atoms with Crippen molar-refractivity contribution in [1.29, 1.82) is 0 Å². The second-order valence-corrected chi connectivity index (χ2v) is 6.59. The molecule has 0 aromatic heterocycles. The molecule has 1 N–H and O–H groups in total. The number of unbranched alkanes of at least 4 members (excludes halogenated alkanes) is 1. The van der Waals surface area contributed by atoms with Gasteiger partial charge in [0, 0.05) is 12.0 Å². The summed E-state index contributed by atoms with van der Waals surface area (Å²) in [6.45, 7) is 9.43. The van der Waals surface area contributed by atoms with Gasteiger partial charge >= 0.3 is 5.97 Å². The molecule has 0 unspecified atom stereocenters. The molecule has 0 aliphatic carbocycles. The minimum Gasteiger partial charge on any atom is -0.481 e. The standard InChI is InChI=1S/C18H26O3/c1-12-10-13(2)16(14(3)11-12)15(19)8-6-7-9-18(4,5)17(20)21/h10-11H,6-9H2,1-5H3,(H,20,21). The molecule has 0 spiro atoms. The van der Waals surface area contributed by atoms with Gasteiger partial charge in [-0.1, -0.05) is 24.1 Å². The van der Waals surface area contributed by atoms with Crippen molar-refractivity contribution in [3.8, 4) is 0 Å². The number of ketones is 1. The van der Waals surface area contributed by atoms with Crippen LogP contribution in [-0.4, -0.2) is 16.9 Å². The van der Waals surface area contributed by atoms with Crippen molar-refractivity contribution in [3.05, 3.63) is 34.4 Å². The molecule has 0 aliphatic rings. The Morgan fingerprint density at radius 2 is 1.57 bits per heavy atom. The summed E-state index contributed by atoms with van der Waals surface area (Å²) in [5.41, 5.74) is 3.35. The predicted octanol–water partition coefficient (Wildman–Crippen LogP) is 4.47. The van der Waals surface area contributed by atoms with Crippen molar-refractivity contribution < 1.29 is 14.7 Å². The molecule has 0 fully saturated rings. The molecule has 0 heterocycles. The number of hydrogen-bond acceptors (Lipinski definition) is 2. The summed E-state index contributed by atoms with van der Waals surface area (Å²) in [4.78, 5) is 23.4. The molecule has 3 heteroatoms. The minimum absolute atomic E-state index is 0.165. The Kier molecular flexibility index (Phi) is 5.70. The van der Waals surface area contributed by atoms with Crippen LogP contribution in [0.3, 0.4) is 0 Å². The molecule has 0 amide bonds. The van der Waals surface area contributed by atoms with E-state index in [1.54, 1.807) is 13.8 Å². The summed E-state index contributed by atoms with van der Waals surface area (Å²) in [5, 5.41) is 9.06. The SMILES string of the molecule is Cc1cc(C)c(C(=O)CCCCC(C)(C)C(=O)O)c(C)c1. The Labute approximate surface area is 127 Å². The van der Waals surface area contributed by atoms with E-state index in [1.165, 1.54) is 5.56 Å². The summed E-state index contributed by atoms with van der Waals surface area (Å²) in [5.74, 6) is -0.614. The van der Waals surface area contributed by atoms with E-state index in [9.17, 15) is 9.59 Å². The maximum Gasteiger partial charge on any atom is 0.309 e. The Morgan fingerprint density at radius 1 is 1.05 bits per heavy atom. The highest BCUT2D eigenvalue weighted by atomic mass is 16.4. The van der Waals surface area contributed by atoms with Crippen LogP contribution >= 0.6 is 0 Å². The van der Waals surface area contributed by atoms with Gasteiger partial charge in [0.2, 0.25) is 0 Å². The Balaban J connectivity index is 2.58. The molecule has 116 valence electrons. The quantitative estimate of drug-likeness (QED) is 0.595. The van der Waals surface area contributed by atoms with Gasteiger partial charge in [-0.2, -0.15) is 0 Å². The summed E-state index contributed by atoms with van der Waals surface area (Å²) >= 11 is 0. The third-order valence-electron chi connectivity index (χ3n) is 3.99. The molecule has 1 rings (SSSR count). The molecule has 1 aromatic rings. The second-order valence-electron chi connectivity index (χ2n) is 6.59. The maximum atomic E-state index is 12.3. The van der Waals surface area contributed by atoms with Gasteiger partial charge in [-0.05, 0) is 58.6 Å². The Morgan fingerprint density at radius 3 is 2.05 bits per heavy atom. The number of hydrogen-bond donors (Lipinski definition) is 1. The third-order valence-corrected chi connectivity index (χ3v) is 3.99. The minimum atomic E-state index is -0.779. The summed E-state index contributed by atoms with van der Waals surface area (Å²) in [6, 6.07) is 4.07. The molecule has 0 saturated carbocycles. The normalized spacial score (nSPS) is 11.5. The lowest BCUT2D eigenvalue weighted by Gasteiger charge is -2.18. The molecule has 3 nitrogen and oxygen atoms in total. The van der Waals surface area contributed by atoms with Gasteiger partial charge in [0.05, 0.1) is 5.41 Å². The molecule has 0 atom stereocenters. The highest BCUT2D eigenvalue weighted by Crippen LogP contribution is 2.25. The highest BCUT2D eigenvalue weighted by molar-refractivity contribution is 5.98. The summed E-state index contributed by atoms with van der Waals surface area (Å²) in [6.07, 6.45) is 2.58. The monoisotopic (exact) mass is 290 g/mol. The number of carbonyl (C=O) groups excluding carboxylic acids is 1. The van der Waals surface area contributed by atoms with Crippen LogP contribution in [0.4, 0.5) is 0 Å². The Hall–Kier alpha value is -1.64. The fourth-order valence-corrected chi connectivity index (χ4v) is 2.70. The van der Waals surface area contributed by atoms with Gasteiger partial charge in [0.25, 0.3) is 0 Å². The molecule has 0 bridgehead atoms. The smallest absolute Gasteiger partial charge is 0.309 e. The van der Waals surface area contributed by atoms with Crippen LogP contribution in [0.2, 0.25) is 0 Å². The van der Waals surface area contributed by atoms with Gasteiger partial charge in [0.15, 0.2) is 5.78 Å². The number of aliphatic carboxylic acids is 1. The van der Waals surface area contributed by atoms with E-state index in [4.69, 9.17) is 5.11 Å². The largest absolute Gasteiger partial charge is 0.481 e. The van der Waals surface area contributed by atoms with Crippen LogP contribution in [0.1, 0.15) is 66.6 Å². The van der Waals surface area contributed by atoms with Crippen LogP contribution in [0.15, 0.2) is 12.1 Å². The van der Waals surface area contributed by atoms with Gasteiger partial charge in [0.1, 0.15) is 0 Å². The van der Waals surface area contributed by atoms with Crippen molar-refractivity contribution in [2.24, 2.45) is 5.41 Å². The van der Waals surface area contributed by atoms with E-state index in [2.05, 4.69) is 0 Å². The van der Waals surface area contributed by atoms with E-state index in [0.717, 1.165) is 29.5 Å². The average molecular weight is 290 g/mol. The molecule has 21 heavy (non-hydrogen) atoms. The highest BCUT2D eigenvalue weighted by Gasteiger charge is 2.26. The van der Waals surface area contributed by atoms with Crippen LogP contribution < -0.4 is 0 Å². The lowest BCUT2D eigenvalue weighted by atomic mass is 9.86. The number of aryl methyl sites for hydroxylation is 3. The average Bonchev–Trinajstić information content (AvgIpc) is 2.33. The van der Waals surface area contributed by atoms with Crippen molar-refractivity contribution >= 4 is 11.8 Å².